The maximum absolute atomic E-state index is 13.4. The van der Waals surface area contributed by atoms with Crippen LogP contribution in [-0.4, -0.2) is 82.8 Å². The molecule has 0 bridgehead atoms. The van der Waals surface area contributed by atoms with Crippen molar-refractivity contribution >= 4 is 51.8 Å². The molecule has 0 amide bonds. The summed E-state index contributed by atoms with van der Waals surface area (Å²) in [6.07, 6.45) is -1.49. The monoisotopic (exact) mass is 602 g/mol. The number of imidazole rings is 1. The molecule has 13 nitrogen and oxygen atoms in total. The van der Waals surface area contributed by atoms with Crippen molar-refractivity contribution in [1.29, 1.82) is 0 Å². The van der Waals surface area contributed by atoms with E-state index in [0.717, 1.165) is 0 Å². The van der Waals surface area contributed by atoms with Crippen molar-refractivity contribution in [2.75, 3.05) is 25.6 Å². The van der Waals surface area contributed by atoms with E-state index in [-0.39, 0.29) is 36.0 Å². The Kier molecular flexibility index (Phi) is 8.57. The molecular formula is C20H29Cl2N4O9PS. The molecule has 2 fully saturated rings. The third-order valence-corrected chi connectivity index (χ3v) is 11.4. The summed E-state index contributed by atoms with van der Waals surface area (Å²) in [5.74, 6) is -1.31. The molecule has 2 saturated heterocycles. The number of ether oxygens (including phenoxy) is 4. The molecule has 17 heteroatoms. The minimum absolute atomic E-state index is 0.0328. The van der Waals surface area contributed by atoms with Crippen LogP contribution >= 0.6 is 30.8 Å². The van der Waals surface area contributed by atoms with Gasteiger partial charge >= 0.3 is 7.60 Å². The van der Waals surface area contributed by atoms with Crippen LogP contribution < -0.4 is 0 Å². The van der Waals surface area contributed by atoms with Gasteiger partial charge in [-0.05, 0) is 39.3 Å². The van der Waals surface area contributed by atoms with Gasteiger partial charge in [-0.15, -0.1) is 0 Å². The number of hydrogen-bond acceptors (Lipinski definition) is 12. The standard InChI is InChI=1S/C20H29Cl2N4O9PS/c1-6-31-36(27,32-7-2)19(37(28,29)8-3)30-9-11-13-14(35-20(4,5)34-13)17(33-11)26-10-23-12-15(21)24-18(22)25-16(12)26/h10-11,13-14,17,19H,6-9H2,1-5H3/t11-,13-,14-,17-,19?/m1/s1. The fourth-order valence-electron chi connectivity index (χ4n) is 4.29. The summed E-state index contributed by atoms with van der Waals surface area (Å²) < 4.78 is 75.5. The van der Waals surface area contributed by atoms with Gasteiger partial charge in [-0.1, -0.05) is 18.5 Å². The molecule has 5 atom stereocenters. The number of hydrogen-bond donors (Lipinski definition) is 0. The zero-order chi connectivity index (χ0) is 27.2. The molecule has 37 heavy (non-hydrogen) atoms. The van der Waals surface area contributed by atoms with E-state index in [0.29, 0.717) is 11.2 Å². The van der Waals surface area contributed by atoms with Crippen molar-refractivity contribution in [3.05, 3.63) is 16.8 Å². The molecule has 2 aromatic heterocycles. The molecule has 1 unspecified atom stereocenters. The predicted molar refractivity (Wildman–Crippen MR) is 133 cm³/mol. The highest BCUT2D eigenvalue weighted by atomic mass is 35.5. The summed E-state index contributed by atoms with van der Waals surface area (Å²) >= 11 is 12.2. The first kappa shape index (κ1) is 29.1. The van der Waals surface area contributed by atoms with E-state index in [9.17, 15) is 13.0 Å². The van der Waals surface area contributed by atoms with Crippen LogP contribution in [0.25, 0.3) is 11.2 Å². The summed E-state index contributed by atoms with van der Waals surface area (Å²) in [7, 11) is -8.20. The van der Waals surface area contributed by atoms with E-state index < -0.39 is 52.9 Å². The van der Waals surface area contributed by atoms with Crippen molar-refractivity contribution < 1.29 is 41.0 Å². The second kappa shape index (κ2) is 10.9. The first-order chi connectivity index (χ1) is 17.4. The lowest BCUT2D eigenvalue weighted by Crippen LogP contribution is -2.37. The summed E-state index contributed by atoms with van der Waals surface area (Å²) in [6.45, 7) is 7.69. The maximum atomic E-state index is 13.4. The Bertz CT molecular complexity index is 1280. The van der Waals surface area contributed by atoms with Gasteiger partial charge in [-0.25, -0.2) is 18.4 Å². The van der Waals surface area contributed by atoms with Crippen molar-refractivity contribution in [2.45, 2.75) is 70.1 Å². The molecule has 0 spiro atoms. The van der Waals surface area contributed by atoms with Gasteiger partial charge in [0.15, 0.2) is 32.7 Å². The first-order valence-electron chi connectivity index (χ1n) is 11.6. The Labute approximate surface area is 224 Å². The topological polar surface area (TPSA) is 150 Å². The summed E-state index contributed by atoms with van der Waals surface area (Å²) in [6, 6.07) is 0. The minimum Gasteiger partial charge on any atom is -0.349 e. The molecule has 0 N–H and O–H groups in total. The van der Waals surface area contributed by atoms with Crippen LogP contribution in [0.1, 0.15) is 40.8 Å². The quantitative estimate of drug-likeness (QED) is 0.210. The minimum atomic E-state index is -4.18. The lowest BCUT2D eigenvalue weighted by atomic mass is 10.1. The molecule has 2 aliphatic heterocycles. The van der Waals surface area contributed by atoms with Crippen LogP contribution in [0.5, 0.6) is 0 Å². The van der Waals surface area contributed by atoms with Gasteiger partial charge in [-0.2, -0.15) is 4.98 Å². The van der Waals surface area contributed by atoms with Gasteiger partial charge in [0, 0.05) is 0 Å². The zero-order valence-corrected chi connectivity index (χ0v) is 24.1. The Morgan fingerprint density at radius 3 is 2.41 bits per heavy atom. The Hall–Kier alpha value is -0.930. The van der Waals surface area contributed by atoms with Gasteiger partial charge in [-0.3, -0.25) is 9.13 Å². The maximum Gasteiger partial charge on any atom is 0.374 e. The molecule has 4 heterocycles. The van der Waals surface area contributed by atoms with Gasteiger partial charge in [0.1, 0.15) is 23.8 Å². The van der Waals surface area contributed by atoms with Gasteiger partial charge < -0.3 is 28.0 Å². The van der Waals surface area contributed by atoms with E-state index in [2.05, 4.69) is 15.0 Å². The number of halogens is 2. The number of sulfone groups is 1. The van der Waals surface area contributed by atoms with E-state index in [4.69, 9.17) is 51.2 Å². The highest BCUT2D eigenvalue weighted by molar-refractivity contribution is 7.98. The third-order valence-electron chi connectivity index (χ3n) is 5.74. The molecule has 2 aromatic rings. The largest absolute Gasteiger partial charge is 0.374 e. The Morgan fingerprint density at radius 1 is 1.14 bits per heavy atom. The lowest BCUT2D eigenvalue weighted by molar-refractivity contribution is -0.201. The second-order valence-corrected chi connectivity index (χ2v) is 14.1. The highest BCUT2D eigenvalue weighted by Crippen LogP contribution is 2.56. The van der Waals surface area contributed by atoms with Crippen LogP contribution in [0.3, 0.4) is 0 Å². The number of fused-ring (bicyclic) bond motifs is 2. The number of rotatable bonds is 11. The van der Waals surface area contributed by atoms with Crippen LogP contribution in [-0.2, 0) is 42.4 Å². The fraction of sp³-hybridized carbons (Fsp3) is 0.750. The average molecular weight is 603 g/mol. The zero-order valence-electron chi connectivity index (χ0n) is 20.9. The SMILES string of the molecule is CCOP(=O)(OCC)C(OC[C@H]1O[C@@H](n2cnc3c(Cl)nc(Cl)nc32)[C@@H]2OC(C)(C)O[C@@H]21)S(=O)(=O)CC. The highest BCUT2D eigenvalue weighted by Gasteiger charge is 2.57. The van der Waals surface area contributed by atoms with Gasteiger partial charge in [0.2, 0.25) is 5.28 Å². The number of aromatic nitrogens is 4. The van der Waals surface area contributed by atoms with Crippen LogP contribution in [0.2, 0.25) is 10.4 Å². The van der Waals surface area contributed by atoms with Crippen LogP contribution in [0.4, 0.5) is 0 Å². The Morgan fingerprint density at radius 2 is 1.78 bits per heavy atom. The summed E-state index contributed by atoms with van der Waals surface area (Å²) in [4.78, 5) is 12.4. The van der Waals surface area contributed by atoms with Crippen molar-refractivity contribution in [3.8, 4) is 0 Å². The van der Waals surface area contributed by atoms with Crippen LogP contribution in [0.15, 0.2) is 6.33 Å². The van der Waals surface area contributed by atoms with E-state index in [1.54, 1.807) is 32.3 Å². The number of nitrogens with zero attached hydrogens (tertiary/aromatic N) is 4. The lowest BCUT2D eigenvalue weighted by Gasteiger charge is -2.28. The summed E-state index contributed by atoms with van der Waals surface area (Å²) in [5, 5.41) is -1.85. The van der Waals surface area contributed by atoms with Gasteiger partial charge in [0.25, 0.3) is 5.18 Å². The molecule has 0 aromatic carbocycles. The van der Waals surface area contributed by atoms with Crippen LogP contribution in [0, 0.1) is 0 Å². The normalized spacial score (nSPS) is 26.6. The van der Waals surface area contributed by atoms with E-state index in [1.807, 2.05) is 0 Å². The molecule has 2 aliphatic rings. The van der Waals surface area contributed by atoms with Crippen molar-refractivity contribution in [2.24, 2.45) is 0 Å². The summed E-state index contributed by atoms with van der Waals surface area (Å²) in [5.41, 5.74) is 0.625. The second-order valence-electron chi connectivity index (χ2n) is 8.70. The molecule has 0 radical (unpaired) electrons. The van der Waals surface area contributed by atoms with E-state index >= 15 is 0 Å². The van der Waals surface area contributed by atoms with Crippen molar-refractivity contribution in [3.63, 3.8) is 0 Å². The smallest absolute Gasteiger partial charge is 0.349 e. The van der Waals surface area contributed by atoms with Gasteiger partial charge in [0.05, 0.1) is 31.9 Å². The van der Waals surface area contributed by atoms with Crippen molar-refractivity contribution in [1.82, 2.24) is 19.5 Å². The Balaban J connectivity index is 1.65. The van der Waals surface area contributed by atoms with E-state index in [1.165, 1.54) is 13.3 Å². The molecule has 4 rings (SSSR count). The fourth-order valence-corrected chi connectivity index (χ4v) is 8.98. The first-order valence-corrected chi connectivity index (χ1v) is 15.7. The molecular weight excluding hydrogens is 574 g/mol. The molecule has 0 aliphatic carbocycles. The molecule has 208 valence electrons. The average Bonchev–Trinajstić information content (AvgIpc) is 3.45. The predicted octanol–water partition coefficient (Wildman–Crippen LogP) is 3.55. The third kappa shape index (κ3) is 5.69. The molecule has 0 saturated carbocycles.